The third kappa shape index (κ3) is 5.26. The number of morpholine rings is 1. The van der Waals surface area contributed by atoms with Gasteiger partial charge in [-0.15, -0.1) is 0 Å². The van der Waals surface area contributed by atoms with Crippen LogP contribution >= 0.6 is 0 Å². The minimum absolute atomic E-state index is 0.0607. The molecule has 1 aliphatic rings. The Bertz CT molecular complexity index is 1480. The number of nitrogens with zero attached hydrogens (tertiary/aromatic N) is 4. The summed E-state index contributed by atoms with van der Waals surface area (Å²) in [7, 11) is 1.58. The monoisotopic (exact) mass is 511 g/mol. The standard InChI is InChI=1S/C28H29N7O3/c1-3-25(36)31-20-8-4-6-18(14-20)22-9-5-7-19-16-30-28(34-26(19)22)32-23-10-11-24(33-27(23)37-2)35-12-13-38-17-21(35)15-29/h3-11,14,16,21H,1,12-13,15,17,29H2,2H3,(H,31,36)(H,30,32,34). The zero-order valence-corrected chi connectivity index (χ0v) is 21.1. The average Bonchev–Trinajstić information content (AvgIpc) is 2.97. The molecule has 194 valence electrons. The highest BCUT2D eigenvalue weighted by atomic mass is 16.5. The Hall–Kier alpha value is -4.54. The van der Waals surface area contributed by atoms with Crippen molar-refractivity contribution in [1.29, 1.82) is 0 Å². The molecule has 10 heteroatoms. The van der Waals surface area contributed by atoms with Crippen molar-refractivity contribution in [3.63, 3.8) is 0 Å². The molecule has 0 saturated carbocycles. The highest BCUT2D eigenvalue weighted by Crippen LogP contribution is 2.32. The summed E-state index contributed by atoms with van der Waals surface area (Å²) < 4.78 is 11.1. The first-order chi connectivity index (χ1) is 18.6. The Balaban J connectivity index is 1.46. The van der Waals surface area contributed by atoms with Crippen molar-refractivity contribution in [3.8, 4) is 17.0 Å². The maximum atomic E-state index is 11.8. The minimum Gasteiger partial charge on any atom is -0.479 e. The molecule has 1 amide bonds. The number of rotatable bonds is 8. The SMILES string of the molecule is C=CC(=O)Nc1cccc(-c2cccc3cnc(Nc4ccc(N5CCOCC5CN)nc4OC)nc23)c1. The fourth-order valence-electron chi connectivity index (χ4n) is 4.42. The number of pyridine rings is 1. The van der Waals surface area contributed by atoms with E-state index in [-0.39, 0.29) is 11.9 Å². The van der Waals surface area contributed by atoms with Gasteiger partial charge in [-0.2, -0.15) is 4.98 Å². The summed E-state index contributed by atoms with van der Waals surface area (Å²) in [5.74, 6) is 1.33. The van der Waals surface area contributed by atoms with Gasteiger partial charge < -0.3 is 30.7 Å². The molecule has 2 aromatic heterocycles. The molecule has 10 nitrogen and oxygen atoms in total. The van der Waals surface area contributed by atoms with Gasteiger partial charge in [0.2, 0.25) is 17.7 Å². The number of hydrogen-bond donors (Lipinski definition) is 3. The summed E-state index contributed by atoms with van der Waals surface area (Å²) in [5, 5.41) is 6.93. The summed E-state index contributed by atoms with van der Waals surface area (Å²) in [6.45, 7) is 5.88. The minimum atomic E-state index is -0.269. The van der Waals surface area contributed by atoms with Crippen molar-refractivity contribution in [2.75, 3.05) is 48.9 Å². The van der Waals surface area contributed by atoms with E-state index in [4.69, 9.17) is 25.2 Å². The number of fused-ring (bicyclic) bond motifs is 1. The number of nitrogens with one attached hydrogen (secondary N) is 2. The molecule has 4 N–H and O–H groups in total. The summed E-state index contributed by atoms with van der Waals surface area (Å²) >= 11 is 0. The van der Waals surface area contributed by atoms with E-state index in [9.17, 15) is 4.79 Å². The van der Waals surface area contributed by atoms with Gasteiger partial charge >= 0.3 is 0 Å². The second-order valence-electron chi connectivity index (χ2n) is 8.72. The molecule has 2 aromatic carbocycles. The van der Waals surface area contributed by atoms with E-state index < -0.39 is 0 Å². The summed E-state index contributed by atoms with van der Waals surface area (Å²) in [5.41, 5.74) is 9.82. The molecule has 1 unspecified atom stereocenters. The van der Waals surface area contributed by atoms with Crippen LogP contribution in [0, 0.1) is 0 Å². The molecule has 1 fully saturated rings. The molecule has 1 aliphatic heterocycles. The Morgan fingerprint density at radius 2 is 2.11 bits per heavy atom. The molecule has 5 rings (SSSR count). The van der Waals surface area contributed by atoms with E-state index in [2.05, 4.69) is 27.1 Å². The van der Waals surface area contributed by atoms with E-state index in [1.165, 1.54) is 6.08 Å². The molecule has 1 saturated heterocycles. The number of para-hydroxylation sites is 1. The van der Waals surface area contributed by atoms with Crippen LogP contribution in [0.2, 0.25) is 0 Å². The number of methoxy groups -OCH3 is 1. The summed E-state index contributed by atoms with van der Waals surface area (Å²) in [4.78, 5) is 27.9. The third-order valence-corrected chi connectivity index (χ3v) is 6.32. The van der Waals surface area contributed by atoms with Gasteiger partial charge in [0.05, 0.1) is 31.9 Å². The smallest absolute Gasteiger partial charge is 0.247 e. The van der Waals surface area contributed by atoms with Crippen LogP contribution in [0.4, 0.5) is 23.1 Å². The molecule has 4 aromatic rings. The lowest BCUT2D eigenvalue weighted by Gasteiger charge is -2.35. The first kappa shape index (κ1) is 25.1. The number of amides is 1. The first-order valence-corrected chi connectivity index (χ1v) is 12.3. The molecule has 3 heterocycles. The van der Waals surface area contributed by atoms with Crippen molar-refractivity contribution < 1.29 is 14.3 Å². The number of anilines is 4. The van der Waals surface area contributed by atoms with Gasteiger partial charge in [-0.05, 0) is 35.9 Å². The number of ether oxygens (including phenoxy) is 2. The van der Waals surface area contributed by atoms with Crippen LogP contribution in [0.15, 0.2) is 73.4 Å². The number of carbonyl (C=O) groups excluding carboxylic acids is 1. The van der Waals surface area contributed by atoms with Crippen LogP contribution in [0.3, 0.4) is 0 Å². The second kappa shape index (κ2) is 11.2. The molecular weight excluding hydrogens is 482 g/mol. The molecule has 38 heavy (non-hydrogen) atoms. The Morgan fingerprint density at radius 1 is 1.24 bits per heavy atom. The molecule has 0 aliphatic carbocycles. The maximum Gasteiger partial charge on any atom is 0.247 e. The quantitative estimate of drug-likeness (QED) is 0.303. The highest BCUT2D eigenvalue weighted by molar-refractivity contribution is 6.00. The van der Waals surface area contributed by atoms with Crippen LogP contribution in [0.1, 0.15) is 0 Å². The summed E-state index contributed by atoms with van der Waals surface area (Å²) in [6.07, 6.45) is 3.01. The van der Waals surface area contributed by atoms with Crippen molar-refractivity contribution in [2.45, 2.75) is 6.04 Å². The van der Waals surface area contributed by atoms with E-state index in [0.29, 0.717) is 49.5 Å². The number of nitrogens with two attached hydrogens (primary N) is 1. The number of benzene rings is 2. The van der Waals surface area contributed by atoms with E-state index in [1.807, 2.05) is 54.6 Å². The number of hydrogen-bond acceptors (Lipinski definition) is 9. The van der Waals surface area contributed by atoms with Gasteiger partial charge in [-0.1, -0.05) is 36.9 Å². The largest absolute Gasteiger partial charge is 0.479 e. The Labute approximate surface area is 220 Å². The Morgan fingerprint density at radius 3 is 2.92 bits per heavy atom. The van der Waals surface area contributed by atoms with E-state index in [0.717, 1.165) is 27.8 Å². The average molecular weight is 512 g/mol. The van der Waals surface area contributed by atoms with Crippen molar-refractivity contribution in [2.24, 2.45) is 5.73 Å². The molecule has 0 spiro atoms. The fraction of sp³-hybridized carbons (Fsp3) is 0.214. The van der Waals surface area contributed by atoms with Gasteiger partial charge in [-0.3, -0.25) is 4.79 Å². The lowest BCUT2D eigenvalue weighted by molar-refractivity contribution is -0.111. The van der Waals surface area contributed by atoms with Crippen LogP contribution in [-0.2, 0) is 9.53 Å². The molecule has 0 radical (unpaired) electrons. The van der Waals surface area contributed by atoms with Crippen LogP contribution in [-0.4, -0.2) is 60.3 Å². The van der Waals surface area contributed by atoms with Crippen molar-refractivity contribution in [3.05, 3.63) is 73.4 Å². The van der Waals surface area contributed by atoms with Gasteiger partial charge in [0.15, 0.2) is 0 Å². The number of aromatic nitrogens is 3. The van der Waals surface area contributed by atoms with Crippen molar-refractivity contribution >= 4 is 40.0 Å². The van der Waals surface area contributed by atoms with Gasteiger partial charge in [-0.25, -0.2) is 9.97 Å². The molecule has 1 atom stereocenters. The predicted octanol–water partition coefficient (Wildman–Crippen LogP) is 3.73. The maximum absolute atomic E-state index is 11.8. The van der Waals surface area contributed by atoms with E-state index in [1.54, 1.807) is 13.3 Å². The van der Waals surface area contributed by atoms with Gasteiger partial charge in [0.1, 0.15) is 11.5 Å². The van der Waals surface area contributed by atoms with Gasteiger partial charge in [0.25, 0.3) is 0 Å². The third-order valence-electron chi connectivity index (χ3n) is 6.32. The van der Waals surface area contributed by atoms with Gasteiger partial charge in [0, 0.05) is 35.9 Å². The zero-order chi connectivity index (χ0) is 26.5. The highest BCUT2D eigenvalue weighted by Gasteiger charge is 2.24. The van der Waals surface area contributed by atoms with Crippen LogP contribution in [0.5, 0.6) is 5.88 Å². The topological polar surface area (TPSA) is 128 Å². The fourth-order valence-corrected chi connectivity index (χ4v) is 4.42. The lowest BCUT2D eigenvalue weighted by Crippen LogP contribution is -2.49. The molecule has 0 bridgehead atoms. The van der Waals surface area contributed by atoms with Crippen LogP contribution < -0.4 is 26.0 Å². The predicted molar refractivity (Wildman–Crippen MR) is 149 cm³/mol. The second-order valence-corrected chi connectivity index (χ2v) is 8.72. The Kier molecular flexibility index (Phi) is 7.43. The van der Waals surface area contributed by atoms with Crippen molar-refractivity contribution in [1.82, 2.24) is 15.0 Å². The molecular formula is C28H29N7O3. The van der Waals surface area contributed by atoms with E-state index >= 15 is 0 Å². The lowest BCUT2D eigenvalue weighted by atomic mass is 10.0. The zero-order valence-electron chi connectivity index (χ0n) is 21.1. The van der Waals surface area contributed by atoms with Crippen LogP contribution in [0.25, 0.3) is 22.0 Å². The first-order valence-electron chi connectivity index (χ1n) is 12.3. The number of carbonyl (C=O) groups is 1. The normalized spacial score (nSPS) is 15.2. The summed E-state index contributed by atoms with van der Waals surface area (Å²) in [6, 6.07) is 17.4.